The van der Waals surface area contributed by atoms with Gasteiger partial charge in [-0.1, -0.05) is 50.0 Å². The van der Waals surface area contributed by atoms with Crippen LogP contribution in [-0.4, -0.2) is 46.9 Å². The summed E-state index contributed by atoms with van der Waals surface area (Å²) >= 11 is 0. The Balaban J connectivity index is 1.84. The summed E-state index contributed by atoms with van der Waals surface area (Å²) in [6.07, 6.45) is 2.46. The van der Waals surface area contributed by atoms with Gasteiger partial charge in [-0.25, -0.2) is 13.1 Å². The lowest BCUT2D eigenvalue weighted by molar-refractivity contribution is -0.123. The maximum atomic E-state index is 12.3. The van der Waals surface area contributed by atoms with Gasteiger partial charge in [0.25, 0.3) is 0 Å². The van der Waals surface area contributed by atoms with E-state index in [1.807, 2.05) is 48.5 Å². The van der Waals surface area contributed by atoms with E-state index < -0.39 is 16.1 Å². The van der Waals surface area contributed by atoms with Crippen LogP contribution >= 0.6 is 0 Å². The van der Waals surface area contributed by atoms with E-state index in [0.29, 0.717) is 24.5 Å². The minimum atomic E-state index is -3.47. The molecule has 0 heterocycles. The molecule has 7 nitrogen and oxygen atoms in total. The number of aryl methyl sites for hydroxylation is 1. The average Bonchev–Trinajstić information content (AvgIpc) is 2.78. The predicted octanol–water partition coefficient (Wildman–Crippen LogP) is 2.75. The van der Waals surface area contributed by atoms with Gasteiger partial charge in [-0.05, 0) is 48.6 Å². The molecule has 178 valence electrons. The van der Waals surface area contributed by atoms with Gasteiger partial charge < -0.3 is 14.8 Å². The van der Waals surface area contributed by atoms with Crippen molar-refractivity contribution >= 4 is 15.9 Å². The molecule has 0 spiro atoms. The van der Waals surface area contributed by atoms with E-state index >= 15 is 0 Å². The topological polar surface area (TPSA) is 93.7 Å². The summed E-state index contributed by atoms with van der Waals surface area (Å²) in [5, 5.41) is 2.81. The first-order chi connectivity index (χ1) is 15.7. The largest absolute Gasteiger partial charge is 0.493 e. The van der Waals surface area contributed by atoms with Crippen LogP contribution in [0.1, 0.15) is 31.4 Å². The van der Waals surface area contributed by atoms with Crippen molar-refractivity contribution in [2.75, 3.05) is 26.5 Å². The zero-order valence-electron chi connectivity index (χ0n) is 19.6. The molecule has 0 saturated heterocycles. The van der Waals surface area contributed by atoms with Crippen molar-refractivity contribution in [3.8, 4) is 23.3 Å². The molecule has 2 N–H and O–H groups in total. The number of benzene rings is 2. The molecule has 0 aliphatic carbocycles. The summed E-state index contributed by atoms with van der Waals surface area (Å²) in [6.45, 7) is 4.27. The molecule has 1 atom stereocenters. The fourth-order valence-corrected chi connectivity index (χ4v) is 3.94. The Morgan fingerprint density at radius 1 is 1.09 bits per heavy atom. The summed E-state index contributed by atoms with van der Waals surface area (Å²) in [5.74, 6) is 6.79. The summed E-state index contributed by atoms with van der Waals surface area (Å²) in [5.41, 5.74) is 1.97. The Kier molecular flexibility index (Phi) is 10.2. The Labute approximate surface area is 196 Å². The Morgan fingerprint density at radius 2 is 1.82 bits per heavy atom. The quantitative estimate of drug-likeness (QED) is 0.387. The Hall–Kier alpha value is -3.02. The van der Waals surface area contributed by atoms with Gasteiger partial charge in [-0.15, -0.1) is 0 Å². The molecule has 8 heteroatoms. The van der Waals surface area contributed by atoms with Gasteiger partial charge in [0, 0.05) is 12.1 Å². The number of sulfonamides is 1. The molecule has 0 saturated carbocycles. The molecule has 1 amide bonds. The predicted molar refractivity (Wildman–Crippen MR) is 130 cm³/mol. The van der Waals surface area contributed by atoms with Crippen molar-refractivity contribution in [2.24, 2.45) is 5.92 Å². The van der Waals surface area contributed by atoms with Crippen molar-refractivity contribution in [3.05, 3.63) is 59.7 Å². The molecule has 33 heavy (non-hydrogen) atoms. The zero-order valence-corrected chi connectivity index (χ0v) is 20.4. The summed E-state index contributed by atoms with van der Waals surface area (Å²) in [4.78, 5) is 12.3. The van der Waals surface area contributed by atoms with Crippen molar-refractivity contribution in [1.29, 1.82) is 0 Å². The van der Waals surface area contributed by atoms with Crippen molar-refractivity contribution in [3.63, 3.8) is 0 Å². The molecule has 0 bridgehead atoms. The molecular formula is C25H32N2O5S. The second kappa shape index (κ2) is 12.9. The van der Waals surface area contributed by atoms with Gasteiger partial charge in [0.1, 0.15) is 12.6 Å². The lowest BCUT2D eigenvalue weighted by atomic mass is 10.0. The van der Waals surface area contributed by atoms with Crippen molar-refractivity contribution in [2.45, 2.75) is 32.7 Å². The maximum Gasteiger partial charge on any atom is 0.238 e. The highest BCUT2D eigenvalue weighted by atomic mass is 32.2. The Morgan fingerprint density at radius 3 is 2.45 bits per heavy atom. The van der Waals surface area contributed by atoms with Crippen molar-refractivity contribution < 1.29 is 22.7 Å². The molecule has 0 aromatic heterocycles. The molecule has 2 aromatic carbocycles. The smallest absolute Gasteiger partial charge is 0.238 e. The third kappa shape index (κ3) is 9.56. The van der Waals surface area contributed by atoms with Crippen LogP contribution in [0, 0.1) is 17.8 Å². The molecular weight excluding hydrogens is 440 g/mol. The lowest BCUT2D eigenvalue weighted by Gasteiger charge is -2.20. The minimum Gasteiger partial charge on any atom is -0.493 e. The van der Waals surface area contributed by atoms with E-state index in [4.69, 9.17) is 9.47 Å². The fourth-order valence-electron chi connectivity index (χ4n) is 3.10. The van der Waals surface area contributed by atoms with E-state index in [-0.39, 0.29) is 18.4 Å². The average molecular weight is 473 g/mol. The van der Waals surface area contributed by atoms with Gasteiger partial charge in [0.2, 0.25) is 15.9 Å². The third-order valence-electron chi connectivity index (χ3n) is 4.77. The zero-order chi connectivity index (χ0) is 24.3. The van der Waals surface area contributed by atoms with E-state index in [2.05, 4.69) is 21.9 Å². The van der Waals surface area contributed by atoms with E-state index in [1.165, 1.54) is 0 Å². The summed E-state index contributed by atoms with van der Waals surface area (Å²) in [7, 11) is -1.88. The first-order valence-corrected chi connectivity index (χ1v) is 12.7. The first-order valence-electron chi connectivity index (χ1n) is 10.8. The van der Waals surface area contributed by atoms with E-state index in [0.717, 1.165) is 23.8 Å². The van der Waals surface area contributed by atoms with E-state index in [1.54, 1.807) is 21.0 Å². The van der Waals surface area contributed by atoms with Gasteiger partial charge >= 0.3 is 0 Å². The normalized spacial score (nSPS) is 11.9. The molecule has 2 aromatic rings. The number of hydrogen-bond donors (Lipinski definition) is 2. The first kappa shape index (κ1) is 26.2. The maximum absolute atomic E-state index is 12.3. The SMILES string of the molecule is COc1cc(CCCNC(=O)[C@@H](NS(C)(=O)=O)C(C)C)ccc1OCC#Cc1ccccc1. The van der Waals surface area contributed by atoms with Gasteiger partial charge in [0.15, 0.2) is 11.5 Å². The number of carbonyl (C=O) groups is 1. The second-order valence-electron chi connectivity index (χ2n) is 7.95. The standard InChI is InChI=1S/C25H32N2O5S/c1-19(2)24(27-33(4,29)30)25(28)26-16-8-12-21-14-15-22(23(18-21)31-3)32-17-9-13-20-10-6-5-7-11-20/h5-7,10-11,14-15,18-19,24,27H,8,12,16-17H2,1-4H3,(H,26,28)/t24-/m0/s1. The summed E-state index contributed by atoms with van der Waals surface area (Å²) in [6, 6.07) is 14.6. The fraction of sp³-hybridized carbons (Fsp3) is 0.400. The summed E-state index contributed by atoms with van der Waals surface area (Å²) < 4.78 is 36.5. The van der Waals surface area contributed by atoms with Crippen LogP contribution in [-0.2, 0) is 21.2 Å². The van der Waals surface area contributed by atoms with Crippen LogP contribution in [0.25, 0.3) is 0 Å². The van der Waals surface area contributed by atoms with Gasteiger partial charge in [-0.3, -0.25) is 4.79 Å². The highest BCUT2D eigenvalue weighted by Gasteiger charge is 2.24. The van der Waals surface area contributed by atoms with E-state index in [9.17, 15) is 13.2 Å². The van der Waals surface area contributed by atoms with Crippen LogP contribution < -0.4 is 19.5 Å². The van der Waals surface area contributed by atoms with Crippen LogP contribution in [0.5, 0.6) is 11.5 Å². The molecule has 0 unspecified atom stereocenters. The molecule has 0 aliphatic heterocycles. The van der Waals surface area contributed by atoms with Crippen molar-refractivity contribution in [1.82, 2.24) is 10.0 Å². The number of carbonyl (C=O) groups excluding carboxylic acids is 1. The highest BCUT2D eigenvalue weighted by Crippen LogP contribution is 2.28. The van der Waals surface area contributed by atoms with Gasteiger partial charge in [0.05, 0.1) is 13.4 Å². The number of ether oxygens (including phenoxy) is 2. The monoisotopic (exact) mass is 472 g/mol. The second-order valence-corrected chi connectivity index (χ2v) is 9.73. The van der Waals surface area contributed by atoms with Crippen LogP contribution in [0.2, 0.25) is 0 Å². The molecule has 0 radical (unpaired) electrons. The third-order valence-corrected chi connectivity index (χ3v) is 5.45. The molecule has 0 fully saturated rings. The number of hydrogen-bond acceptors (Lipinski definition) is 5. The molecule has 0 aliphatic rings. The molecule has 2 rings (SSSR count). The number of nitrogens with one attached hydrogen (secondary N) is 2. The number of amides is 1. The van der Waals surface area contributed by atoms with Crippen LogP contribution in [0.3, 0.4) is 0 Å². The number of rotatable bonds is 11. The minimum absolute atomic E-state index is 0.158. The Bertz CT molecular complexity index is 1070. The highest BCUT2D eigenvalue weighted by molar-refractivity contribution is 7.88. The van der Waals surface area contributed by atoms with Crippen LogP contribution in [0.4, 0.5) is 0 Å². The number of methoxy groups -OCH3 is 1. The lowest BCUT2D eigenvalue weighted by Crippen LogP contribution is -2.49. The van der Waals surface area contributed by atoms with Crippen LogP contribution in [0.15, 0.2) is 48.5 Å². The van der Waals surface area contributed by atoms with Gasteiger partial charge in [-0.2, -0.15) is 0 Å².